The number of hydrogen-bond donors (Lipinski definition) is 4. The molecule has 32 atom stereocenters. The fraction of sp³-hybridized carbons (Fsp3) is 0.741. The number of aromatic nitrogens is 12. The van der Waals surface area contributed by atoms with Crippen LogP contribution in [0.15, 0.2) is 72.8 Å². The largest absolute Gasteiger partial charge is 0.390 e. The third-order valence-corrected chi connectivity index (χ3v) is 41.6. The molecule has 0 unspecified atom stereocenters. The Balaban J connectivity index is 0.000000106. The van der Waals surface area contributed by atoms with Crippen molar-refractivity contribution >= 4 is 67.3 Å². The molecule has 16 aliphatic carbocycles. The van der Waals surface area contributed by atoms with Gasteiger partial charge in [-0.05, 0) is 447 Å². The van der Waals surface area contributed by atoms with Crippen molar-refractivity contribution in [1.29, 1.82) is 0 Å². The van der Waals surface area contributed by atoms with Gasteiger partial charge < -0.3 is 20.4 Å². The van der Waals surface area contributed by atoms with Crippen molar-refractivity contribution in [3.8, 4) is 0 Å². The van der Waals surface area contributed by atoms with Crippen molar-refractivity contribution in [3.63, 3.8) is 0 Å². The van der Waals surface area contributed by atoms with E-state index in [1.807, 2.05) is 27.7 Å². The average molecular weight is 1810 g/mol. The first-order valence-corrected chi connectivity index (χ1v) is 52.0. The number of halogens is 4. The Morgan fingerprint density at radius 1 is 0.318 bits per heavy atom. The number of ketones is 4. The summed E-state index contributed by atoms with van der Waals surface area (Å²) in [5.41, 5.74) is 2.36. The smallest absolute Gasteiger partial charge is 0.159 e. The molecule has 0 saturated heterocycles. The Hall–Kier alpha value is -7.28. The highest BCUT2D eigenvalue weighted by Crippen LogP contribution is 2.70. The van der Waals surface area contributed by atoms with E-state index in [4.69, 9.17) is 0 Å². The van der Waals surface area contributed by atoms with Gasteiger partial charge in [0.05, 0.1) is 33.4 Å². The number of para-hydroxylation sites is 1. The quantitative estimate of drug-likeness (QED) is 0.0828. The Morgan fingerprint density at radius 2 is 0.659 bits per heavy atom. The van der Waals surface area contributed by atoms with Crippen molar-refractivity contribution in [2.45, 2.75) is 335 Å². The second-order valence-corrected chi connectivity index (χ2v) is 48.7. The number of fused-ring (bicyclic) bond motifs is 24. The number of nitrogens with zero attached hydrogens (tertiary/aromatic N) is 12. The number of carbonyl (C=O) groups excluding carboxylic acids is 4. The minimum atomic E-state index is -0.479. The van der Waals surface area contributed by atoms with Crippen LogP contribution in [0.5, 0.6) is 0 Å². The summed E-state index contributed by atoms with van der Waals surface area (Å²) in [6, 6.07) is 18.4. The lowest BCUT2D eigenvalue weighted by Crippen LogP contribution is -2.51. The predicted octanol–water partition coefficient (Wildman–Crippen LogP) is 20.6. The van der Waals surface area contributed by atoms with Gasteiger partial charge in [-0.15, -0.1) is 15.3 Å². The first-order chi connectivity index (χ1) is 63.0. The molecule has 16 saturated carbocycles. The number of hydrogen-bond acceptors (Lipinski definition) is 16. The van der Waals surface area contributed by atoms with Gasteiger partial charge in [0.15, 0.2) is 34.8 Å². The van der Waals surface area contributed by atoms with Gasteiger partial charge >= 0.3 is 0 Å². The van der Waals surface area contributed by atoms with Crippen LogP contribution in [0.2, 0.25) is 0 Å². The van der Waals surface area contributed by atoms with E-state index >= 15 is 0 Å². The number of Topliss-reactive ketones (excluding diaryl/α,β-unsaturated/α-hetero) is 4. The van der Waals surface area contributed by atoms with Crippen LogP contribution < -0.4 is 0 Å². The van der Waals surface area contributed by atoms with E-state index in [2.05, 4.69) is 68.8 Å². The van der Waals surface area contributed by atoms with Crippen molar-refractivity contribution < 1.29 is 57.2 Å². The van der Waals surface area contributed by atoms with Crippen LogP contribution in [-0.4, -0.2) is 126 Å². The van der Waals surface area contributed by atoms with Crippen LogP contribution in [0.25, 0.3) is 44.1 Å². The van der Waals surface area contributed by atoms with E-state index in [0.717, 1.165) is 206 Å². The fourth-order valence-corrected chi connectivity index (χ4v) is 35.7. The lowest BCUT2D eigenvalue weighted by atomic mass is 9.49. The molecule has 4 heterocycles. The van der Waals surface area contributed by atoms with Gasteiger partial charge in [-0.3, -0.25) is 19.2 Å². The molecule has 24 rings (SSSR count). The molecule has 20 nitrogen and oxygen atoms in total. The molecule has 16 fully saturated rings. The van der Waals surface area contributed by atoms with Crippen LogP contribution in [0.3, 0.4) is 0 Å². The van der Waals surface area contributed by atoms with Gasteiger partial charge in [-0.1, -0.05) is 55.5 Å². The minimum Gasteiger partial charge on any atom is -0.390 e. The molecule has 0 spiro atoms. The van der Waals surface area contributed by atoms with Gasteiger partial charge in [0.25, 0.3) is 0 Å². The van der Waals surface area contributed by atoms with Crippen LogP contribution in [0, 0.1) is 187 Å². The van der Waals surface area contributed by atoms with Crippen molar-refractivity contribution in [2.24, 2.45) is 164 Å². The Bertz CT molecular complexity index is 5580. The fourth-order valence-electron chi connectivity index (χ4n) is 35.7. The summed E-state index contributed by atoms with van der Waals surface area (Å²) < 4.78 is 60.3. The maximum absolute atomic E-state index is 14.4. The van der Waals surface area contributed by atoms with E-state index in [1.54, 1.807) is 45.8 Å². The Kier molecular flexibility index (Phi) is 23.8. The summed E-state index contributed by atoms with van der Waals surface area (Å²) in [4.78, 5) is 55.6. The number of benzene rings is 4. The lowest BCUT2D eigenvalue weighted by molar-refractivity contribution is -0.133. The van der Waals surface area contributed by atoms with Crippen LogP contribution in [0.4, 0.5) is 17.6 Å². The molecule has 0 bridgehead atoms. The molecule has 4 aromatic carbocycles. The standard InChI is InChI=1S/4C27H36FN3O2/c1-26(33)11-9-18-16(14-26)3-5-20-19(18)10-12-27(2)21(20)6-7-22(27)25(32)15-31-24-13-17(28)4-8-23(24)29-30-31;1-26(33)11-9-18-16(14-26)3-5-20-19(18)10-12-27(2)21(20)6-7-22(27)25(32)15-31-29-23-8-4-17(28)13-24(23)30-31;1-26(33)12-10-17-16(14-26)6-7-19-18(17)11-13-27(2)20(19)8-9-21(27)24(32)15-31-23-5-3-4-22(28)25(23)29-30-31;1-26(33)12-10-17-16(14-26)6-7-19-18(17)11-13-27(2)20(19)8-9-21(27)24(32)15-31-25-22(28)4-3-5-23(25)29-30-31/h2*4,8,13,16,18-22,33H,3,5-7,9-12,14-15H2,1-2H3;2*3-5,16-21,33H,6-15H2,1-2H3/t2*16-,18+,19-,20-,21+,22-,26-,27+;2*16-,17+,18-,19-,20+,21-,26-,27+/m1111/s1. The summed E-state index contributed by atoms with van der Waals surface area (Å²) in [7, 11) is 0. The van der Waals surface area contributed by atoms with Crippen LogP contribution >= 0.6 is 0 Å². The summed E-state index contributed by atoms with van der Waals surface area (Å²) in [6.07, 6.45) is 40.1. The zero-order valence-corrected chi connectivity index (χ0v) is 79.4. The highest BCUT2D eigenvalue weighted by molar-refractivity contribution is 5.87. The van der Waals surface area contributed by atoms with E-state index in [0.29, 0.717) is 86.0 Å². The molecule has 4 aromatic heterocycles. The monoisotopic (exact) mass is 1810 g/mol. The second kappa shape index (κ2) is 34.4. The van der Waals surface area contributed by atoms with Crippen molar-refractivity contribution in [2.75, 3.05) is 0 Å². The molecule has 0 aliphatic heterocycles. The molecule has 712 valence electrons. The highest BCUT2D eigenvalue weighted by atomic mass is 19.1. The molecular formula is C108H144F4N12O8. The molecule has 24 heteroatoms. The Labute approximate surface area is 775 Å². The first kappa shape index (κ1) is 91.2. The SMILES string of the molecule is C[C@@]1(O)CC[C@H]2[C@H](CC[C@@H]3[C@@H]2CC[C@]2(C)[C@@H](C(=O)Cn4nc5ccc(F)cc5n4)CC[C@@H]32)C1.C[C@@]1(O)CC[C@H]2[C@H](CC[C@@H]3[C@@H]2CC[C@]2(C)[C@@H](C(=O)Cn4nnc5c(F)cccc54)CC[C@@H]32)C1.C[C@@]1(O)CC[C@H]2[C@H](CC[C@@H]3[C@@H]2CC[C@]2(C)[C@@H](C(=O)Cn4nnc5ccc(F)cc54)CC[C@@H]32)C1.C[C@@]1(O)CC[C@H]2[C@H](CC[C@@H]3[C@@H]2CC[C@]2(C)[C@@H](C(=O)Cn4nnc5cccc(F)c54)CC[C@@H]32)C1. The zero-order chi connectivity index (χ0) is 91.8. The zero-order valence-electron chi connectivity index (χ0n) is 79.4. The van der Waals surface area contributed by atoms with Gasteiger partial charge in [0.2, 0.25) is 0 Å². The maximum Gasteiger partial charge on any atom is 0.159 e. The molecule has 8 aromatic rings. The van der Waals surface area contributed by atoms with Gasteiger partial charge in [0, 0.05) is 35.8 Å². The molecule has 132 heavy (non-hydrogen) atoms. The third kappa shape index (κ3) is 16.3. The van der Waals surface area contributed by atoms with Crippen molar-refractivity contribution in [1.82, 2.24) is 60.0 Å². The van der Waals surface area contributed by atoms with Gasteiger partial charge in [-0.25, -0.2) is 31.6 Å². The average Bonchev–Trinajstić information content (AvgIpc) is 1.50. The van der Waals surface area contributed by atoms with E-state index < -0.39 is 28.2 Å². The van der Waals surface area contributed by atoms with E-state index in [9.17, 15) is 57.2 Å². The molecule has 0 radical (unpaired) electrons. The molecule has 0 amide bonds. The maximum atomic E-state index is 14.4. The molecule has 4 N–H and O–H groups in total. The van der Waals surface area contributed by atoms with Crippen molar-refractivity contribution in [3.05, 3.63) is 96.1 Å². The van der Waals surface area contributed by atoms with E-state index in [1.165, 1.54) is 142 Å². The van der Waals surface area contributed by atoms with Crippen LogP contribution in [0.1, 0.15) is 287 Å². The summed E-state index contributed by atoms with van der Waals surface area (Å²) >= 11 is 0. The first-order valence-electron chi connectivity index (χ1n) is 52.0. The second-order valence-electron chi connectivity index (χ2n) is 48.7. The third-order valence-electron chi connectivity index (χ3n) is 41.6. The summed E-state index contributed by atoms with van der Waals surface area (Å²) in [6.45, 7) is 18.2. The van der Waals surface area contributed by atoms with E-state index in [-0.39, 0.29) is 118 Å². The Morgan fingerprint density at radius 3 is 1.09 bits per heavy atom. The number of carbonyl (C=O) groups is 4. The summed E-state index contributed by atoms with van der Waals surface area (Å²) in [5.74, 6) is 13.9. The normalized spacial score (nSPS) is 42.5. The minimum absolute atomic E-state index is 0.0271. The molecule has 16 aliphatic rings. The van der Waals surface area contributed by atoms with Crippen LogP contribution in [-0.2, 0) is 45.4 Å². The number of rotatable bonds is 12. The summed E-state index contributed by atoms with van der Waals surface area (Å²) in [5, 5.41) is 75.7. The topological polar surface area (TPSA) is 272 Å². The highest BCUT2D eigenvalue weighted by Gasteiger charge is 2.65. The predicted molar refractivity (Wildman–Crippen MR) is 495 cm³/mol. The van der Waals surface area contributed by atoms with Gasteiger partial charge in [0.1, 0.15) is 70.9 Å². The molecular weight excluding hydrogens is 1670 g/mol. The lowest BCUT2D eigenvalue weighted by Gasteiger charge is -2.56. The number of aliphatic hydroxyl groups is 4. The van der Waals surface area contributed by atoms with Gasteiger partial charge in [-0.2, -0.15) is 15.0 Å².